The van der Waals surface area contributed by atoms with Gasteiger partial charge in [0.05, 0.1) is 0 Å². The van der Waals surface area contributed by atoms with E-state index in [1.165, 1.54) is 5.56 Å². The number of nitrogens with zero attached hydrogens (tertiary/aromatic N) is 2. The molecule has 2 N–H and O–H groups in total. The lowest BCUT2D eigenvalue weighted by Gasteiger charge is -2.07. The van der Waals surface area contributed by atoms with Crippen molar-refractivity contribution in [1.82, 2.24) is 20.1 Å². The van der Waals surface area contributed by atoms with Gasteiger partial charge in [-0.3, -0.25) is 9.89 Å². The highest BCUT2D eigenvalue weighted by molar-refractivity contribution is 9.10. The molecule has 3 rings (SSSR count). The Morgan fingerprint density at radius 3 is 3.00 bits per heavy atom. The molecule has 1 fully saturated rings. The number of hydrogen-bond acceptors (Lipinski definition) is 3. The molecule has 1 aliphatic carbocycles. The third-order valence-electron chi connectivity index (χ3n) is 4.02. The summed E-state index contributed by atoms with van der Waals surface area (Å²) in [5.41, 5.74) is 1.22. The smallest absolute Gasteiger partial charge is 0.223 e. The molecule has 5 nitrogen and oxygen atoms in total. The number of carbonyl (C=O) groups excluding carboxylic acids is 1. The Hall–Kier alpha value is -1.47. The number of nitrogens with one attached hydrogen (secondary N) is 2. The van der Waals surface area contributed by atoms with E-state index in [2.05, 4.69) is 37.5 Å². The molecule has 2 atom stereocenters. The summed E-state index contributed by atoms with van der Waals surface area (Å²) in [5, 5.41) is 9.79. The van der Waals surface area contributed by atoms with Crippen molar-refractivity contribution in [3.63, 3.8) is 0 Å². The standard InChI is InChI=1S/C15H17BrN4OS/c1-9-18-19-15(22)20(9)7-6-17-14(21)12-8-11(12)10-4-2-3-5-13(10)16/h2-5,11-12H,6-8H2,1H3,(H,17,21)(H,19,22)/t11-,12+/m0/s1. The second-order valence-electron chi connectivity index (χ2n) is 5.49. The SMILES string of the molecule is Cc1n[nH]c(=S)n1CCNC(=O)[C@@H]1C[C@H]1c1ccccc1Br. The molecule has 22 heavy (non-hydrogen) atoms. The van der Waals surface area contributed by atoms with E-state index in [-0.39, 0.29) is 11.8 Å². The maximum Gasteiger partial charge on any atom is 0.223 e. The van der Waals surface area contributed by atoms with Crippen molar-refractivity contribution in [2.24, 2.45) is 5.92 Å². The van der Waals surface area contributed by atoms with Crippen molar-refractivity contribution in [3.8, 4) is 0 Å². The number of aromatic nitrogens is 3. The molecule has 0 radical (unpaired) electrons. The first kappa shape index (κ1) is 15.4. The van der Waals surface area contributed by atoms with Gasteiger partial charge < -0.3 is 9.88 Å². The summed E-state index contributed by atoms with van der Waals surface area (Å²) in [6, 6.07) is 8.10. The topological polar surface area (TPSA) is 62.7 Å². The van der Waals surface area contributed by atoms with Crippen molar-refractivity contribution < 1.29 is 4.79 Å². The van der Waals surface area contributed by atoms with Gasteiger partial charge in [-0.2, -0.15) is 5.10 Å². The molecule has 1 aromatic carbocycles. The molecule has 1 amide bonds. The van der Waals surface area contributed by atoms with Crippen molar-refractivity contribution in [3.05, 3.63) is 44.9 Å². The molecule has 1 aromatic heterocycles. The second-order valence-corrected chi connectivity index (χ2v) is 6.73. The van der Waals surface area contributed by atoms with Gasteiger partial charge in [0.15, 0.2) is 4.77 Å². The van der Waals surface area contributed by atoms with Crippen LogP contribution in [0.5, 0.6) is 0 Å². The molecule has 0 aliphatic heterocycles. The predicted molar refractivity (Wildman–Crippen MR) is 90.1 cm³/mol. The molecule has 0 unspecified atom stereocenters. The molecule has 0 saturated heterocycles. The fourth-order valence-corrected chi connectivity index (χ4v) is 3.53. The van der Waals surface area contributed by atoms with Crippen LogP contribution in [0.1, 0.15) is 23.7 Å². The van der Waals surface area contributed by atoms with Crippen LogP contribution >= 0.6 is 28.1 Å². The third-order valence-corrected chi connectivity index (χ3v) is 5.05. The molecule has 116 valence electrons. The third kappa shape index (κ3) is 3.15. The summed E-state index contributed by atoms with van der Waals surface area (Å²) in [6.07, 6.45) is 0.915. The first-order valence-electron chi connectivity index (χ1n) is 7.22. The highest BCUT2D eigenvalue weighted by Gasteiger charge is 2.44. The Balaban J connectivity index is 1.52. The maximum atomic E-state index is 12.2. The first-order chi connectivity index (χ1) is 10.6. The first-order valence-corrected chi connectivity index (χ1v) is 8.42. The fourth-order valence-electron chi connectivity index (χ4n) is 2.69. The summed E-state index contributed by atoms with van der Waals surface area (Å²) in [4.78, 5) is 12.2. The van der Waals surface area contributed by atoms with Gasteiger partial charge in [0.1, 0.15) is 5.82 Å². The minimum absolute atomic E-state index is 0.0807. The van der Waals surface area contributed by atoms with Crippen LogP contribution in [0.15, 0.2) is 28.7 Å². The quantitative estimate of drug-likeness (QED) is 0.783. The molecule has 0 spiro atoms. The van der Waals surface area contributed by atoms with E-state index in [9.17, 15) is 4.79 Å². The van der Waals surface area contributed by atoms with Crippen molar-refractivity contribution >= 4 is 34.1 Å². The van der Waals surface area contributed by atoms with Crippen LogP contribution in [-0.2, 0) is 11.3 Å². The van der Waals surface area contributed by atoms with Crippen LogP contribution in [-0.4, -0.2) is 27.2 Å². The molecular weight excluding hydrogens is 364 g/mol. The summed E-state index contributed by atoms with van der Waals surface area (Å²) in [6.45, 7) is 3.09. The van der Waals surface area contributed by atoms with Gasteiger partial charge in [-0.05, 0) is 43.1 Å². The van der Waals surface area contributed by atoms with Crippen LogP contribution in [0.25, 0.3) is 0 Å². The largest absolute Gasteiger partial charge is 0.354 e. The number of halogens is 1. The Morgan fingerprint density at radius 1 is 1.55 bits per heavy atom. The van der Waals surface area contributed by atoms with E-state index < -0.39 is 0 Å². The summed E-state index contributed by atoms with van der Waals surface area (Å²) in [7, 11) is 0. The maximum absolute atomic E-state index is 12.2. The van der Waals surface area contributed by atoms with E-state index in [4.69, 9.17) is 12.2 Å². The molecular formula is C15H17BrN4OS. The molecule has 7 heteroatoms. The number of H-pyrrole nitrogens is 1. The van der Waals surface area contributed by atoms with E-state index in [1.54, 1.807) is 0 Å². The van der Waals surface area contributed by atoms with E-state index >= 15 is 0 Å². The Kier molecular flexibility index (Phi) is 4.44. The second kappa shape index (κ2) is 6.34. The Morgan fingerprint density at radius 2 is 2.32 bits per heavy atom. The molecule has 1 heterocycles. The van der Waals surface area contributed by atoms with Gasteiger partial charge in [0, 0.05) is 23.5 Å². The predicted octanol–water partition coefficient (Wildman–Crippen LogP) is 2.93. The fraction of sp³-hybridized carbons (Fsp3) is 0.400. The lowest BCUT2D eigenvalue weighted by molar-refractivity contribution is -0.122. The number of benzene rings is 1. The van der Waals surface area contributed by atoms with Gasteiger partial charge in [-0.1, -0.05) is 34.1 Å². The van der Waals surface area contributed by atoms with Gasteiger partial charge in [0.2, 0.25) is 5.91 Å². The highest BCUT2D eigenvalue weighted by atomic mass is 79.9. The highest BCUT2D eigenvalue weighted by Crippen LogP contribution is 2.49. The van der Waals surface area contributed by atoms with Gasteiger partial charge in [-0.15, -0.1) is 0 Å². The zero-order valence-corrected chi connectivity index (χ0v) is 14.6. The average molecular weight is 381 g/mol. The number of hydrogen-bond donors (Lipinski definition) is 2. The summed E-state index contributed by atoms with van der Waals surface area (Å²) < 4.78 is 3.55. The Labute approximate surface area is 142 Å². The molecule has 1 aliphatic rings. The zero-order valence-electron chi connectivity index (χ0n) is 12.2. The lowest BCUT2D eigenvalue weighted by Crippen LogP contribution is -2.29. The van der Waals surface area contributed by atoms with Crippen LogP contribution in [0.2, 0.25) is 0 Å². The average Bonchev–Trinajstić information content (AvgIpc) is 3.23. The summed E-state index contributed by atoms with van der Waals surface area (Å²) >= 11 is 8.69. The molecule has 0 bridgehead atoms. The Bertz CT molecular complexity index is 754. The minimum Gasteiger partial charge on any atom is -0.354 e. The number of amides is 1. The van der Waals surface area contributed by atoms with Crippen molar-refractivity contribution in [2.45, 2.75) is 25.8 Å². The molecule has 2 aromatic rings. The monoisotopic (exact) mass is 380 g/mol. The zero-order chi connectivity index (χ0) is 15.7. The number of carbonyl (C=O) groups is 1. The number of aryl methyl sites for hydroxylation is 1. The summed E-state index contributed by atoms with van der Waals surface area (Å²) in [5.74, 6) is 1.36. The van der Waals surface area contributed by atoms with Crippen LogP contribution in [0.3, 0.4) is 0 Å². The van der Waals surface area contributed by atoms with Gasteiger partial charge in [0.25, 0.3) is 0 Å². The lowest BCUT2D eigenvalue weighted by atomic mass is 10.1. The van der Waals surface area contributed by atoms with Gasteiger partial charge >= 0.3 is 0 Å². The van der Waals surface area contributed by atoms with Crippen LogP contribution < -0.4 is 5.32 Å². The van der Waals surface area contributed by atoms with E-state index in [0.29, 0.717) is 23.8 Å². The number of aromatic amines is 1. The van der Waals surface area contributed by atoms with Crippen molar-refractivity contribution in [2.75, 3.05) is 6.54 Å². The minimum atomic E-state index is 0.0807. The van der Waals surface area contributed by atoms with E-state index in [1.807, 2.05) is 29.7 Å². The van der Waals surface area contributed by atoms with Gasteiger partial charge in [-0.25, -0.2) is 0 Å². The molecule has 1 saturated carbocycles. The van der Waals surface area contributed by atoms with Crippen molar-refractivity contribution in [1.29, 1.82) is 0 Å². The van der Waals surface area contributed by atoms with E-state index in [0.717, 1.165) is 16.7 Å². The van der Waals surface area contributed by atoms with Crippen LogP contribution in [0, 0.1) is 17.6 Å². The normalized spacial score (nSPS) is 19.9. The number of rotatable bonds is 5. The van der Waals surface area contributed by atoms with Crippen LogP contribution in [0.4, 0.5) is 0 Å².